The molecule has 0 radical (unpaired) electrons. The highest BCUT2D eigenvalue weighted by Gasteiger charge is 2.27. The van der Waals surface area contributed by atoms with Crippen molar-refractivity contribution in [2.75, 3.05) is 18.5 Å². The van der Waals surface area contributed by atoms with E-state index in [-0.39, 0.29) is 10.8 Å². The highest BCUT2D eigenvalue weighted by molar-refractivity contribution is 8.32. The topological polar surface area (TPSA) is 46.5 Å². The molecule has 0 bridgehead atoms. The Kier molecular flexibility index (Phi) is 6.25. The molecule has 0 aliphatic heterocycles. The van der Waals surface area contributed by atoms with Gasteiger partial charge in [-0.15, -0.1) is 0 Å². The van der Waals surface area contributed by atoms with E-state index < -0.39 is 10.0 Å². The molecule has 2 aromatic carbocycles. The fourth-order valence-corrected chi connectivity index (χ4v) is 4.47. The lowest BCUT2D eigenvalue weighted by Crippen LogP contribution is -2.18. The lowest BCUT2D eigenvalue weighted by atomic mass is 9.79. The molecule has 0 saturated carbocycles. The summed E-state index contributed by atoms with van der Waals surface area (Å²) in [6, 6.07) is 11.7. The standard InChI is InChI=1S/C24H34O3S/c1-23(2,3)20-13-18(14-21(22(20)26)24(4,5)6)27-16-28(7,8)19-11-9-17(15-25)10-12-19/h9-15,26H,16H2,1-8H3. The predicted molar refractivity (Wildman–Crippen MR) is 121 cm³/mol. The third-order valence-corrected chi connectivity index (χ3v) is 7.13. The molecule has 0 heterocycles. The van der Waals surface area contributed by atoms with Crippen LogP contribution in [0.25, 0.3) is 0 Å². The molecule has 4 heteroatoms. The molecule has 0 unspecified atom stereocenters. The summed E-state index contributed by atoms with van der Waals surface area (Å²) in [6.45, 7) is 12.6. The Morgan fingerprint density at radius 2 is 1.39 bits per heavy atom. The SMILES string of the molecule is CC(C)(C)c1cc(OCS(C)(C)c2ccc(C=O)cc2)cc(C(C)(C)C)c1O. The molecule has 154 valence electrons. The van der Waals surface area contributed by atoms with E-state index in [1.807, 2.05) is 36.4 Å². The van der Waals surface area contributed by atoms with Crippen molar-refractivity contribution in [1.29, 1.82) is 0 Å². The summed E-state index contributed by atoms with van der Waals surface area (Å²) in [5.74, 6) is 1.73. The molecule has 0 saturated heterocycles. The van der Waals surface area contributed by atoms with Crippen LogP contribution in [-0.2, 0) is 10.8 Å². The average molecular weight is 403 g/mol. The van der Waals surface area contributed by atoms with Crippen LogP contribution in [0.3, 0.4) is 0 Å². The van der Waals surface area contributed by atoms with Crippen LogP contribution in [0.1, 0.15) is 63.0 Å². The van der Waals surface area contributed by atoms with Crippen molar-refractivity contribution >= 4 is 16.3 Å². The third-order valence-electron chi connectivity index (χ3n) is 4.87. The van der Waals surface area contributed by atoms with Crippen LogP contribution in [0.4, 0.5) is 0 Å². The zero-order valence-electron chi connectivity index (χ0n) is 18.4. The summed E-state index contributed by atoms with van der Waals surface area (Å²) in [5, 5.41) is 10.9. The predicted octanol–water partition coefficient (Wildman–Crippen LogP) is 6.26. The van der Waals surface area contributed by atoms with Crippen molar-refractivity contribution in [3.05, 3.63) is 53.1 Å². The summed E-state index contributed by atoms with van der Waals surface area (Å²) < 4.78 is 6.26. The lowest BCUT2D eigenvalue weighted by Gasteiger charge is -2.32. The van der Waals surface area contributed by atoms with Crippen LogP contribution in [0.15, 0.2) is 41.3 Å². The zero-order valence-corrected chi connectivity index (χ0v) is 19.2. The second kappa shape index (κ2) is 7.82. The molecule has 0 atom stereocenters. The molecule has 3 nitrogen and oxygen atoms in total. The monoisotopic (exact) mass is 402 g/mol. The van der Waals surface area contributed by atoms with Gasteiger partial charge in [0, 0.05) is 16.7 Å². The number of hydrogen-bond acceptors (Lipinski definition) is 3. The van der Waals surface area contributed by atoms with Crippen molar-refractivity contribution in [2.24, 2.45) is 0 Å². The van der Waals surface area contributed by atoms with Gasteiger partial charge in [-0.25, -0.2) is 0 Å². The van der Waals surface area contributed by atoms with E-state index in [2.05, 4.69) is 54.1 Å². The van der Waals surface area contributed by atoms with E-state index >= 15 is 0 Å². The largest absolute Gasteiger partial charge is 0.507 e. The minimum absolute atomic E-state index is 0.184. The van der Waals surface area contributed by atoms with Gasteiger partial charge in [0.25, 0.3) is 0 Å². The number of aromatic hydroxyl groups is 1. The maximum atomic E-state index is 10.9. The number of carbonyl (C=O) groups excluding carboxylic acids is 1. The van der Waals surface area contributed by atoms with E-state index in [9.17, 15) is 9.90 Å². The summed E-state index contributed by atoms with van der Waals surface area (Å²) in [6.07, 6.45) is 5.28. The molecular formula is C24H34O3S. The Labute approximate surface area is 171 Å². The van der Waals surface area contributed by atoms with Crippen LogP contribution in [-0.4, -0.2) is 29.8 Å². The minimum atomic E-state index is -1.19. The van der Waals surface area contributed by atoms with Gasteiger partial charge in [0.05, 0.1) is 0 Å². The van der Waals surface area contributed by atoms with Crippen LogP contribution in [0.5, 0.6) is 11.5 Å². The maximum absolute atomic E-state index is 10.9. The highest BCUT2D eigenvalue weighted by Crippen LogP contribution is 2.49. The summed E-state index contributed by atoms with van der Waals surface area (Å²) in [7, 11) is -1.19. The van der Waals surface area contributed by atoms with Gasteiger partial charge in [-0.3, -0.25) is 4.79 Å². The first-order chi connectivity index (χ1) is 12.8. The quantitative estimate of drug-likeness (QED) is 0.600. The van der Waals surface area contributed by atoms with Gasteiger partial charge in [0.2, 0.25) is 0 Å². The van der Waals surface area contributed by atoms with Crippen LogP contribution < -0.4 is 4.74 Å². The number of benzene rings is 2. The van der Waals surface area contributed by atoms with Crippen LogP contribution in [0.2, 0.25) is 0 Å². The fourth-order valence-electron chi connectivity index (χ4n) is 3.03. The summed E-state index contributed by atoms with van der Waals surface area (Å²) >= 11 is 0. The molecule has 1 N–H and O–H groups in total. The smallest absolute Gasteiger partial charge is 0.150 e. The fraction of sp³-hybridized carbons (Fsp3) is 0.458. The van der Waals surface area contributed by atoms with Gasteiger partial charge in [-0.1, -0.05) is 53.7 Å². The number of phenolic OH excluding ortho intramolecular Hbond substituents is 1. The molecule has 2 aromatic rings. The summed E-state index contributed by atoms with van der Waals surface area (Å²) in [5.41, 5.74) is 2.12. The molecular weight excluding hydrogens is 368 g/mol. The number of phenols is 1. The number of hydrogen-bond donors (Lipinski definition) is 1. The van der Waals surface area contributed by atoms with E-state index in [1.165, 1.54) is 4.90 Å². The van der Waals surface area contributed by atoms with Crippen LogP contribution >= 0.6 is 10.0 Å². The molecule has 0 aliphatic carbocycles. The number of carbonyl (C=O) groups is 1. The average Bonchev–Trinajstić information content (AvgIpc) is 2.59. The van der Waals surface area contributed by atoms with Crippen molar-refractivity contribution in [1.82, 2.24) is 0 Å². The first-order valence-corrected chi connectivity index (χ1v) is 12.1. The van der Waals surface area contributed by atoms with Gasteiger partial charge in [0.1, 0.15) is 23.7 Å². The van der Waals surface area contributed by atoms with Gasteiger partial charge in [0.15, 0.2) is 0 Å². The lowest BCUT2D eigenvalue weighted by molar-refractivity contribution is 0.112. The van der Waals surface area contributed by atoms with E-state index in [1.54, 1.807) is 0 Å². The van der Waals surface area contributed by atoms with Crippen molar-refractivity contribution in [3.63, 3.8) is 0 Å². The first kappa shape index (κ1) is 22.4. The Morgan fingerprint density at radius 3 is 1.79 bits per heavy atom. The minimum Gasteiger partial charge on any atom is -0.507 e. The first-order valence-electron chi connectivity index (χ1n) is 9.53. The molecule has 0 aliphatic rings. The van der Waals surface area contributed by atoms with Gasteiger partial charge < -0.3 is 9.84 Å². The molecule has 0 fully saturated rings. The second-order valence-corrected chi connectivity index (χ2v) is 13.6. The Morgan fingerprint density at radius 1 is 0.929 bits per heavy atom. The third kappa shape index (κ3) is 5.11. The highest BCUT2D eigenvalue weighted by atomic mass is 32.3. The normalized spacial score (nSPS) is 13.3. The Hall–Kier alpha value is -1.94. The van der Waals surface area contributed by atoms with Crippen molar-refractivity contribution in [3.8, 4) is 11.5 Å². The second-order valence-electron chi connectivity index (χ2n) is 9.85. The summed E-state index contributed by atoms with van der Waals surface area (Å²) in [4.78, 5) is 12.1. The van der Waals surface area contributed by atoms with Crippen molar-refractivity contribution < 1.29 is 14.6 Å². The molecule has 0 aromatic heterocycles. The van der Waals surface area contributed by atoms with Crippen LogP contribution in [0, 0.1) is 0 Å². The maximum Gasteiger partial charge on any atom is 0.150 e. The van der Waals surface area contributed by atoms with E-state index in [0.717, 1.165) is 23.2 Å². The molecule has 28 heavy (non-hydrogen) atoms. The number of rotatable bonds is 5. The van der Waals surface area contributed by atoms with E-state index in [4.69, 9.17) is 4.74 Å². The number of aldehydes is 1. The van der Waals surface area contributed by atoms with E-state index in [0.29, 0.717) is 17.3 Å². The molecule has 0 spiro atoms. The Bertz CT molecular complexity index is 803. The molecule has 0 amide bonds. The Balaban J connectivity index is 2.35. The van der Waals surface area contributed by atoms with Gasteiger partial charge in [-0.05, 0) is 52.5 Å². The zero-order chi connectivity index (χ0) is 21.3. The number of ether oxygens (including phenoxy) is 1. The van der Waals surface area contributed by atoms with Gasteiger partial charge in [-0.2, -0.15) is 10.0 Å². The van der Waals surface area contributed by atoms with Gasteiger partial charge >= 0.3 is 0 Å². The van der Waals surface area contributed by atoms with Crippen molar-refractivity contribution in [2.45, 2.75) is 57.3 Å². The molecule has 2 rings (SSSR count).